The lowest BCUT2D eigenvalue weighted by molar-refractivity contribution is 0.0282. The molecule has 118 valence electrons. The first-order chi connectivity index (χ1) is 10.2. The monoisotopic (exact) mass is 290 g/mol. The highest BCUT2D eigenvalue weighted by atomic mass is 15.3. The summed E-state index contributed by atoms with van der Waals surface area (Å²) in [5, 5.41) is 13.2. The number of hydrogen-bond acceptors (Lipinski definition) is 4. The van der Waals surface area contributed by atoms with Gasteiger partial charge in [0.25, 0.3) is 0 Å². The van der Waals surface area contributed by atoms with Crippen molar-refractivity contribution in [3.63, 3.8) is 0 Å². The molecule has 4 nitrogen and oxygen atoms in total. The fourth-order valence-corrected chi connectivity index (χ4v) is 4.69. The van der Waals surface area contributed by atoms with Crippen LogP contribution in [0.2, 0.25) is 0 Å². The first-order valence-electron chi connectivity index (χ1n) is 8.83. The molecule has 0 aromatic rings. The zero-order valence-electron chi connectivity index (χ0n) is 13.6. The number of nitriles is 1. The molecule has 0 amide bonds. The van der Waals surface area contributed by atoms with Crippen molar-refractivity contribution in [2.75, 3.05) is 26.2 Å². The molecule has 4 heteroatoms. The second-order valence-electron chi connectivity index (χ2n) is 7.35. The Morgan fingerprint density at radius 3 is 2.90 bits per heavy atom. The summed E-state index contributed by atoms with van der Waals surface area (Å²) in [7, 11) is 0. The molecule has 0 spiro atoms. The van der Waals surface area contributed by atoms with Crippen LogP contribution in [0.25, 0.3) is 0 Å². The van der Waals surface area contributed by atoms with Gasteiger partial charge in [-0.05, 0) is 58.5 Å². The van der Waals surface area contributed by atoms with Gasteiger partial charge in [-0.2, -0.15) is 5.26 Å². The molecule has 0 aromatic carbocycles. The molecule has 0 bridgehead atoms. The zero-order chi connectivity index (χ0) is 14.9. The molecule has 3 aliphatic rings. The van der Waals surface area contributed by atoms with Gasteiger partial charge in [0, 0.05) is 31.2 Å². The lowest BCUT2D eigenvalue weighted by Crippen LogP contribution is -2.58. The number of piperazine rings is 1. The molecule has 2 saturated heterocycles. The van der Waals surface area contributed by atoms with Gasteiger partial charge in [-0.25, -0.2) is 0 Å². The SMILES string of the molecule is CCCNC1(C#N)CCC(N2CC3CCCN3CC2C)C1. The third-order valence-electron chi connectivity index (χ3n) is 5.87. The molecule has 1 aliphatic carbocycles. The van der Waals surface area contributed by atoms with E-state index in [4.69, 9.17) is 0 Å². The average Bonchev–Trinajstić information content (AvgIpc) is 3.11. The zero-order valence-corrected chi connectivity index (χ0v) is 13.6. The quantitative estimate of drug-likeness (QED) is 0.859. The third-order valence-corrected chi connectivity index (χ3v) is 5.87. The van der Waals surface area contributed by atoms with Crippen molar-refractivity contribution >= 4 is 0 Å². The molecule has 0 aromatic heterocycles. The Morgan fingerprint density at radius 2 is 2.14 bits per heavy atom. The first kappa shape index (κ1) is 15.3. The van der Waals surface area contributed by atoms with E-state index in [0.29, 0.717) is 12.1 Å². The molecule has 3 rings (SSSR count). The number of nitrogens with zero attached hydrogens (tertiary/aromatic N) is 3. The summed E-state index contributed by atoms with van der Waals surface area (Å²) in [6, 6.07) is 4.62. The second-order valence-corrected chi connectivity index (χ2v) is 7.35. The van der Waals surface area contributed by atoms with Crippen LogP contribution in [0.4, 0.5) is 0 Å². The van der Waals surface area contributed by atoms with Crippen LogP contribution in [0.1, 0.15) is 52.4 Å². The van der Waals surface area contributed by atoms with Crippen molar-refractivity contribution in [1.29, 1.82) is 5.26 Å². The van der Waals surface area contributed by atoms with Gasteiger partial charge in [0.15, 0.2) is 0 Å². The summed E-state index contributed by atoms with van der Waals surface area (Å²) >= 11 is 0. The van der Waals surface area contributed by atoms with Gasteiger partial charge in [0.2, 0.25) is 0 Å². The van der Waals surface area contributed by atoms with E-state index in [1.807, 2.05) is 0 Å². The molecule has 21 heavy (non-hydrogen) atoms. The van der Waals surface area contributed by atoms with Crippen molar-refractivity contribution in [3.8, 4) is 6.07 Å². The lowest BCUT2D eigenvalue weighted by Gasteiger charge is -2.45. The summed E-state index contributed by atoms with van der Waals surface area (Å²) in [6.45, 7) is 9.26. The Balaban J connectivity index is 1.63. The Hall–Kier alpha value is -0.630. The minimum atomic E-state index is -0.257. The van der Waals surface area contributed by atoms with Gasteiger partial charge in [-0.15, -0.1) is 0 Å². The summed E-state index contributed by atoms with van der Waals surface area (Å²) in [5.74, 6) is 0. The first-order valence-corrected chi connectivity index (χ1v) is 8.83. The third kappa shape index (κ3) is 2.97. The van der Waals surface area contributed by atoms with Crippen LogP contribution in [-0.4, -0.2) is 59.6 Å². The molecule has 2 heterocycles. The van der Waals surface area contributed by atoms with Gasteiger partial charge in [0.1, 0.15) is 5.54 Å². The van der Waals surface area contributed by atoms with E-state index in [0.717, 1.165) is 31.8 Å². The Morgan fingerprint density at radius 1 is 1.29 bits per heavy atom. The van der Waals surface area contributed by atoms with Gasteiger partial charge in [0.05, 0.1) is 6.07 Å². The maximum absolute atomic E-state index is 9.64. The molecule has 2 aliphatic heterocycles. The fourth-order valence-electron chi connectivity index (χ4n) is 4.69. The maximum Gasteiger partial charge on any atom is 0.108 e. The number of fused-ring (bicyclic) bond motifs is 1. The smallest absolute Gasteiger partial charge is 0.108 e. The summed E-state index contributed by atoms with van der Waals surface area (Å²) in [4.78, 5) is 5.40. The average molecular weight is 290 g/mol. The molecule has 0 radical (unpaired) electrons. The van der Waals surface area contributed by atoms with Crippen LogP contribution in [0, 0.1) is 11.3 Å². The van der Waals surface area contributed by atoms with E-state index >= 15 is 0 Å². The van der Waals surface area contributed by atoms with Crippen molar-refractivity contribution in [2.24, 2.45) is 0 Å². The highest BCUT2D eigenvalue weighted by Crippen LogP contribution is 2.36. The molecular weight excluding hydrogens is 260 g/mol. The molecule has 4 unspecified atom stereocenters. The van der Waals surface area contributed by atoms with Crippen LogP contribution in [0.5, 0.6) is 0 Å². The molecule has 3 fully saturated rings. The standard InChI is InChI=1S/C17H30N4/c1-3-8-19-17(13-18)7-6-15(10-17)21-12-16-5-4-9-20(16)11-14(21)2/h14-16,19H,3-12H2,1-2H3. The maximum atomic E-state index is 9.64. The minimum Gasteiger partial charge on any atom is -0.299 e. The van der Waals surface area contributed by atoms with E-state index in [1.165, 1.54) is 38.9 Å². The molecule has 1 saturated carbocycles. The van der Waals surface area contributed by atoms with Crippen molar-refractivity contribution in [3.05, 3.63) is 0 Å². The molecule has 4 atom stereocenters. The fraction of sp³-hybridized carbons (Fsp3) is 0.941. The predicted octanol–water partition coefficient (Wildman–Crippen LogP) is 1.97. The van der Waals surface area contributed by atoms with Crippen LogP contribution < -0.4 is 5.32 Å². The van der Waals surface area contributed by atoms with Crippen molar-refractivity contribution in [1.82, 2.24) is 15.1 Å². The van der Waals surface area contributed by atoms with Crippen molar-refractivity contribution in [2.45, 2.75) is 76.0 Å². The molecular formula is C17H30N4. The molecule has 1 N–H and O–H groups in total. The summed E-state index contributed by atoms with van der Waals surface area (Å²) in [6.07, 6.45) is 7.06. The second kappa shape index (κ2) is 6.24. The van der Waals surface area contributed by atoms with E-state index in [2.05, 4.69) is 35.0 Å². The highest BCUT2D eigenvalue weighted by Gasteiger charge is 2.45. The van der Waals surface area contributed by atoms with E-state index in [1.54, 1.807) is 0 Å². The summed E-state index contributed by atoms with van der Waals surface area (Å²) in [5.41, 5.74) is -0.257. The van der Waals surface area contributed by atoms with E-state index in [9.17, 15) is 5.26 Å². The van der Waals surface area contributed by atoms with Gasteiger partial charge >= 0.3 is 0 Å². The van der Waals surface area contributed by atoms with E-state index in [-0.39, 0.29) is 5.54 Å². The minimum absolute atomic E-state index is 0.257. The lowest BCUT2D eigenvalue weighted by atomic mass is 9.98. The van der Waals surface area contributed by atoms with E-state index < -0.39 is 0 Å². The normalized spacial score (nSPS) is 41.1. The topological polar surface area (TPSA) is 42.3 Å². The number of nitrogens with one attached hydrogen (secondary N) is 1. The van der Waals surface area contributed by atoms with Crippen LogP contribution in [0.15, 0.2) is 0 Å². The van der Waals surface area contributed by atoms with Gasteiger partial charge < -0.3 is 0 Å². The highest BCUT2D eigenvalue weighted by molar-refractivity contribution is 5.14. The predicted molar refractivity (Wildman–Crippen MR) is 85.0 cm³/mol. The Bertz CT molecular complexity index is 404. The number of hydrogen-bond donors (Lipinski definition) is 1. The van der Waals surface area contributed by atoms with Crippen molar-refractivity contribution < 1.29 is 0 Å². The summed E-state index contributed by atoms with van der Waals surface area (Å²) < 4.78 is 0. The Labute approximate surface area is 129 Å². The van der Waals surface area contributed by atoms with Gasteiger partial charge in [-0.3, -0.25) is 15.1 Å². The van der Waals surface area contributed by atoms with Crippen LogP contribution in [0.3, 0.4) is 0 Å². The Kier molecular flexibility index (Phi) is 4.54. The largest absolute Gasteiger partial charge is 0.299 e. The van der Waals surface area contributed by atoms with Gasteiger partial charge in [-0.1, -0.05) is 6.92 Å². The van der Waals surface area contributed by atoms with Crippen LogP contribution >= 0.6 is 0 Å². The van der Waals surface area contributed by atoms with Crippen LogP contribution in [-0.2, 0) is 0 Å². The number of rotatable bonds is 4.